The second-order valence-electron chi connectivity index (χ2n) is 12.4. The van der Waals surface area contributed by atoms with Crippen LogP contribution in [0.1, 0.15) is 81.1 Å². The highest BCUT2D eigenvalue weighted by atomic mass is 16.6. The lowest BCUT2D eigenvalue weighted by atomic mass is 9.35. The molecular formula is C25H42O2. The summed E-state index contributed by atoms with van der Waals surface area (Å²) in [5.74, 6) is 4.89. The number of aliphatic hydroxyl groups is 1. The lowest BCUT2D eigenvalue weighted by molar-refractivity contribution is -0.236. The molecule has 0 amide bonds. The average Bonchev–Trinajstić information content (AvgIpc) is 3.31. The Balaban J connectivity index is 1.65. The Morgan fingerprint density at radius 3 is 2.19 bits per heavy atom. The fraction of sp³-hybridized carbons (Fsp3) is 1.00. The lowest BCUT2D eigenvalue weighted by Gasteiger charge is -2.70. The zero-order valence-corrected chi connectivity index (χ0v) is 18.9. The maximum absolute atomic E-state index is 10.6. The Morgan fingerprint density at radius 1 is 0.889 bits per heavy atom. The Kier molecular flexibility index (Phi) is 3.61. The maximum Gasteiger partial charge on any atom is 0.104 e. The third-order valence-corrected chi connectivity index (χ3v) is 12.4. The van der Waals surface area contributed by atoms with Crippen LogP contribution >= 0.6 is 0 Å². The van der Waals surface area contributed by atoms with Crippen molar-refractivity contribution in [3.05, 3.63) is 0 Å². The predicted molar refractivity (Wildman–Crippen MR) is 109 cm³/mol. The standard InChI is InChI=1S/C25H42O2/c1-13-11-18(26)12-22(6)10-9-19-20(23(13,22)7)14(2)16(4)24(8)17(5)15(3)21-25(19,24)27-21/h13-21,26H,9-12H2,1-8H3. The van der Waals surface area contributed by atoms with Gasteiger partial charge in [-0.25, -0.2) is 0 Å². The van der Waals surface area contributed by atoms with Crippen LogP contribution in [0.3, 0.4) is 0 Å². The number of hydrogen-bond donors (Lipinski definition) is 1. The summed E-state index contributed by atoms with van der Waals surface area (Å²) in [5, 5.41) is 10.6. The molecular weight excluding hydrogens is 332 g/mol. The summed E-state index contributed by atoms with van der Waals surface area (Å²) in [6, 6.07) is 0. The van der Waals surface area contributed by atoms with E-state index in [-0.39, 0.29) is 17.1 Å². The molecule has 27 heavy (non-hydrogen) atoms. The molecule has 5 fully saturated rings. The van der Waals surface area contributed by atoms with E-state index < -0.39 is 0 Å². The second kappa shape index (κ2) is 5.15. The third kappa shape index (κ3) is 1.76. The van der Waals surface area contributed by atoms with E-state index in [1.807, 2.05) is 0 Å². The second-order valence-corrected chi connectivity index (χ2v) is 12.4. The molecule has 1 N–H and O–H groups in total. The zero-order chi connectivity index (χ0) is 19.7. The third-order valence-electron chi connectivity index (χ3n) is 12.4. The number of hydrogen-bond acceptors (Lipinski definition) is 2. The molecule has 0 aromatic heterocycles. The molecule has 0 radical (unpaired) electrons. The molecule has 4 saturated carbocycles. The molecule has 1 heterocycles. The largest absolute Gasteiger partial charge is 0.393 e. The van der Waals surface area contributed by atoms with Crippen LogP contribution in [0.15, 0.2) is 0 Å². The van der Waals surface area contributed by atoms with E-state index in [9.17, 15) is 5.11 Å². The first-order valence-corrected chi connectivity index (χ1v) is 11.8. The average molecular weight is 375 g/mol. The van der Waals surface area contributed by atoms with Gasteiger partial charge in [-0.1, -0.05) is 55.4 Å². The van der Waals surface area contributed by atoms with Gasteiger partial charge in [0.2, 0.25) is 0 Å². The van der Waals surface area contributed by atoms with E-state index in [0.717, 1.165) is 30.6 Å². The minimum absolute atomic E-state index is 0.106. The molecule has 1 aliphatic heterocycles. The molecule has 0 bridgehead atoms. The number of ether oxygens (including phenoxy) is 1. The van der Waals surface area contributed by atoms with E-state index in [1.165, 1.54) is 12.8 Å². The van der Waals surface area contributed by atoms with Crippen LogP contribution in [0.5, 0.6) is 0 Å². The van der Waals surface area contributed by atoms with Crippen LogP contribution in [-0.2, 0) is 4.74 Å². The van der Waals surface area contributed by atoms with Crippen LogP contribution in [-0.4, -0.2) is 22.9 Å². The number of aliphatic hydroxyl groups excluding tert-OH is 1. The van der Waals surface area contributed by atoms with Gasteiger partial charge in [0.1, 0.15) is 5.60 Å². The predicted octanol–water partition coefficient (Wildman–Crippen LogP) is 5.53. The van der Waals surface area contributed by atoms with Crippen molar-refractivity contribution in [2.45, 2.75) is 98.9 Å². The van der Waals surface area contributed by atoms with E-state index in [0.29, 0.717) is 40.6 Å². The summed E-state index contributed by atoms with van der Waals surface area (Å²) >= 11 is 0. The van der Waals surface area contributed by atoms with E-state index in [1.54, 1.807) is 0 Å². The lowest BCUT2D eigenvalue weighted by Crippen LogP contribution is -2.67. The van der Waals surface area contributed by atoms with Crippen molar-refractivity contribution >= 4 is 0 Å². The van der Waals surface area contributed by atoms with Gasteiger partial charge in [0.25, 0.3) is 0 Å². The van der Waals surface area contributed by atoms with Gasteiger partial charge in [0.15, 0.2) is 0 Å². The Hall–Kier alpha value is -0.0800. The quantitative estimate of drug-likeness (QED) is 0.565. The van der Waals surface area contributed by atoms with Gasteiger partial charge in [0.05, 0.1) is 12.2 Å². The van der Waals surface area contributed by atoms with Crippen molar-refractivity contribution < 1.29 is 9.84 Å². The van der Waals surface area contributed by atoms with Gasteiger partial charge in [-0.3, -0.25) is 0 Å². The monoisotopic (exact) mass is 374 g/mol. The van der Waals surface area contributed by atoms with Gasteiger partial charge >= 0.3 is 0 Å². The SMILES string of the molecule is CC1C2C(CCC3(C)CC(O)CC(C)C23C)C23OC2C(C)C(C)C3(C)C1C. The molecule has 2 heteroatoms. The highest BCUT2D eigenvalue weighted by Gasteiger charge is 2.84. The summed E-state index contributed by atoms with van der Waals surface area (Å²) in [4.78, 5) is 0. The summed E-state index contributed by atoms with van der Waals surface area (Å²) in [6.07, 6.45) is 4.95. The van der Waals surface area contributed by atoms with Gasteiger partial charge in [0, 0.05) is 5.41 Å². The Labute approximate surface area is 166 Å². The summed E-state index contributed by atoms with van der Waals surface area (Å²) in [6.45, 7) is 20.2. The smallest absolute Gasteiger partial charge is 0.104 e. The maximum atomic E-state index is 10.6. The van der Waals surface area contributed by atoms with Crippen molar-refractivity contribution in [1.29, 1.82) is 0 Å². The minimum atomic E-state index is -0.106. The van der Waals surface area contributed by atoms with Crippen LogP contribution in [0.25, 0.3) is 0 Å². The molecule has 5 rings (SSSR count). The van der Waals surface area contributed by atoms with Crippen LogP contribution < -0.4 is 0 Å². The molecule has 1 spiro atoms. The van der Waals surface area contributed by atoms with Crippen LogP contribution in [0, 0.1) is 57.7 Å². The number of rotatable bonds is 0. The Bertz CT molecular complexity index is 661. The van der Waals surface area contributed by atoms with E-state index >= 15 is 0 Å². The molecule has 1 saturated heterocycles. The molecule has 0 aromatic rings. The summed E-state index contributed by atoms with van der Waals surface area (Å²) in [5.41, 5.74) is 1.04. The summed E-state index contributed by atoms with van der Waals surface area (Å²) < 4.78 is 6.78. The highest BCUT2D eigenvalue weighted by Crippen LogP contribution is 2.81. The van der Waals surface area contributed by atoms with Crippen LogP contribution in [0.4, 0.5) is 0 Å². The van der Waals surface area contributed by atoms with Crippen molar-refractivity contribution in [3.63, 3.8) is 0 Å². The van der Waals surface area contributed by atoms with Gasteiger partial charge in [-0.2, -0.15) is 0 Å². The summed E-state index contributed by atoms with van der Waals surface area (Å²) in [7, 11) is 0. The van der Waals surface area contributed by atoms with Crippen molar-refractivity contribution in [2.75, 3.05) is 0 Å². The highest BCUT2D eigenvalue weighted by molar-refractivity contribution is 5.32. The first-order chi connectivity index (χ1) is 12.5. The fourth-order valence-electron chi connectivity index (χ4n) is 10.2. The molecule has 2 nitrogen and oxygen atoms in total. The fourth-order valence-corrected chi connectivity index (χ4v) is 10.2. The van der Waals surface area contributed by atoms with Crippen LogP contribution in [0.2, 0.25) is 0 Å². The zero-order valence-electron chi connectivity index (χ0n) is 18.9. The molecule has 5 aliphatic rings. The topological polar surface area (TPSA) is 32.8 Å². The van der Waals surface area contributed by atoms with Crippen molar-refractivity contribution in [1.82, 2.24) is 0 Å². The van der Waals surface area contributed by atoms with Gasteiger partial charge in [-0.15, -0.1) is 0 Å². The van der Waals surface area contributed by atoms with Gasteiger partial charge < -0.3 is 9.84 Å². The molecule has 0 aromatic carbocycles. The minimum Gasteiger partial charge on any atom is -0.393 e. The van der Waals surface area contributed by atoms with E-state index in [2.05, 4.69) is 55.4 Å². The van der Waals surface area contributed by atoms with Crippen molar-refractivity contribution in [3.8, 4) is 0 Å². The van der Waals surface area contributed by atoms with E-state index in [4.69, 9.17) is 4.74 Å². The molecule has 4 aliphatic carbocycles. The first-order valence-electron chi connectivity index (χ1n) is 11.8. The number of epoxide rings is 1. The first kappa shape index (κ1) is 18.9. The molecule has 13 atom stereocenters. The van der Waals surface area contributed by atoms with Crippen molar-refractivity contribution in [2.24, 2.45) is 57.7 Å². The molecule has 13 unspecified atom stereocenters. The number of fused-ring (bicyclic) bond motifs is 3. The van der Waals surface area contributed by atoms with Gasteiger partial charge in [-0.05, 0) is 77.9 Å². The Morgan fingerprint density at radius 2 is 1.52 bits per heavy atom. The normalized spacial score (nSPS) is 69.9. The molecule has 154 valence electrons.